The van der Waals surface area contributed by atoms with Crippen LogP contribution in [-0.2, 0) is 14.3 Å². The quantitative estimate of drug-likeness (QED) is 0.729. The first-order valence-electron chi connectivity index (χ1n) is 9.27. The van der Waals surface area contributed by atoms with Crippen molar-refractivity contribution >= 4 is 11.9 Å². The van der Waals surface area contributed by atoms with E-state index in [-0.39, 0.29) is 35.0 Å². The summed E-state index contributed by atoms with van der Waals surface area (Å²) in [5, 5.41) is 19.1. The van der Waals surface area contributed by atoms with Crippen LogP contribution in [0.5, 0.6) is 0 Å². The lowest BCUT2D eigenvalue weighted by Gasteiger charge is -2.27. The lowest BCUT2D eigenvalue weighted by Crippen LogP contribution is -2.25. The molecule has 7 heteroatoms. The van der Waals surface area contributed by atoms with Gasteiger partial charge in [0.1, 0.15) is 17.4 Å². The number of benzene rings is 2. The molecular weight excluding hydrogens is 384 g/mol. The van der Waals surface area contributed by atoms with Crippen LogP contribution in [0.4, 0.5) is 0 Å². The first kappa shape index (κ1) is 20.7. The van der Waals surface area contributed by atoms with Gasteiger partial charge in [-0.3, -0.25) is 0 Å². The number of carboxylic acids is 1. The van der Waals surface area contributed by atoms with Crippen LogP contribution in [0.2, 0.25) is 0 Å². The van der Waals surface area contributed by atoms with Gasteiger partial charge in [0.2, 0.25) is 5.88 Å². The van der Waals surface area contributed by atoms with E-state index in [1.165, 1.54) is 6.07 Å². The van der Waals surface area contributed by atoms with Crippen molar-refractivity contribution in [1.82, 2.24) is 0 Å². The largest absolute Gasteiger partial charge is 0.478 e. The number of allylic oxidation sites excluding steroid dienone is 2. The monoisotopic (exact) mass is 404 g/mol. The third kappa shape index (κ3) is 3.76. The number of ether oxygens (including phenoxy) is 2. The van der Waals surface area contributed by atoms with Gasteiger partial charge in [0.15, 0.2) is 0 Å². The Morgan fingerprint density at radius 3 is 2.47 bits per heavy atom. The van der Waals surface area contributed by atoms with Crippen molar-refractivity contribution in [3.05, 3.63) is 82.4 Å². The van der Waals surface area contributed by atoms with E-state index in [1.54, 1.807) is 56.3 Å². The molecule has 0 amide bonds. The topological polar surface area (TPSA) is 123 Å². The van der Waals surface area contributed by atoms with Gasteiger partial charge < -0.3 is 20.3 Å². The fraction of sp³-hybridized carbons (Fsp3) is 0.174. The van der Waals surface area contributed by atoms with E-state index in [2.05, 4.69) is 0 Å². The molecule has 2 aromatic rings. The third-order valence-corrected chi connectivity index (χ3v) is 4.81. The summed E-state index contributed by atoms with van der Waals surface area (Å²) in [4.78, 5) is 24.1. The number of carbonyl (C=O) groups excluding carboxylic acids is 1. The summed E-state index contributed by atoms with van der Waals surface area (Å²) in [7, 11) is 0. The Labute approximate surface area is 173 Å². The van der Waals surface area contributed by atoms with Crippen LogP contribution in [0, 0.1) is 11.3 Å². The summed E-state index contributed by atoms with van der Waals surface area (Å²) in [6, 6.07) is 15.7. The first-order chi connectivity index (χ1) is 14.4. The molecule has 1 heterocycles. The highest BCUT2D eigenvalue weighted by Crippen LogP contribution is 2.40. The second kappa shape index (κ2) is 8.53. The molecule has 30 heavy (non-hydrogen) atoms. The van der Waals surface area contributed by atoms with E-state index in [0.717, 1.165) is 0 Å². The zero-order valence-electron chi connectivity index (χ0n) is 16.5. The average molecular weight is 404 g/mol. The summed E-state index contributed by atoms with van der Waals surface area (Å²) in [6.45, 7) is 3.46. The van der Waals surface area contributed by atoms with E-state index in [1.807, 2.05) is 6.07 Å². The van der Waals surface area contributed by atoms with E-state index < -0.39 is 17.9 Å². The van der Waals surface area contributed by atoms with Crippen molar-refractivity contribution in [3.8, 4) is 17.2 Å². The predicted molar refractivity (Wildman–Crippen MR) is 109 cm³/mol. The number of hydrogen-bond acceptors (Lipinski definition) is 6. The molecule has 7 nitrogen and oxygen atoms in total. The molecule has 1 aliphatic rings. The van der Waals surface area contributed by atoms with Gasteiger partial charge in [-0.25, -0.2) is 9.59 Å². The van der Waals surface area contributed by atoms with Crippen molar-refractivity contribution in [2.75, 3.05) is 6.61 Å². The molecule has 0 aromatic heterocycles. The average Bonchev–Trinajstić information content (AvgIpc) is 2.73. The number of nitrogens with zero attached hydrogens (tertiary/aromatic N) is 1. The van der Waals surface area contributed by atoms with Crippen molar-refractivity contribution in [2.24, 2.45) is 5.73 Å². The Hall–Kier alpha value is -4.05. The van der Waals surface area contributed by atoms with Crippen molar-refractivity contribution in [2.45, 2.75) is 19.8 Å². The first-order valence-corrected chi connectivity index (χ1v) is 9.27. The Morgan fingerprint density at radius 1 is 1.20 bits per heavy atom. The second-order valence-electron chi connectivity index (χ2n) is 6.59. The van der Waals surface area contributed by atoms with Gasteiger partial charge in [-0.1, -0.05) is 42.5 Å². The number of carbonyl (C=O) groups is 2. The Bertz CT molecular complexity index is 1110. The van der Waals surface area contributed by atoms with Crippen LogP contribution in [0.25, 0.3) is 11.1 Å². The van der Waals surface area contributed by atoms with Gasteiger partial charge in [0.05, 0.1) is 23.7 Å². The van der Waals surface area contributed by atoms with Crippen LogP contribution < -0.4 is 5.73 Å². The highest BCUT2D eigenvalue weighted by Gasteiger charge is 2.36. The summed E-state index contributed by atoms with van der Waals surface area (Å²) < 4.78 is 10.6. The molecule has 0 radical (unpaired) electrons. The number of carboxylic acid groups (broad SMARTS) is 1. The molecule has 3 rings (SSSR count). The molecule has 2 aromatic carbocycles. The molecule has 3 N–H and O–H groups in total. The van der Waals surface area contributed by atoms with Crippen molar-refractivity contribution in [1.29, 1.82) is 5.26 Å². The molecule has 0 fully saturated rings. The van der Waals surface area contributed by atoms with Crippen molar-refractivity contribution < 1.29 is 24.2 Å². The zero-order chi connectivity index (χ0) is 21.8. The fourth-order valence-corrected chi connectivity index (χ4v) is 3.46. The number of nitrogens with two attached hydrogens (primary N) is 1. The lowest BCUT2D eigenvalue weighted by molar-refractivity contribution is -0.139. The molecule has 0 aliphatic carbocycles. The van der Waals surface area contributed by atoms with Gasteiger partial charge in [0, 0.05) is 0 Å². The summed E-state index contributed by atoms with van der Waals surface area (Å²) >= 11 is 0. The maximum atomic E-state index is 12.6. The normalized spacial score (nSPS) is 16.0. The molecule has 0 spiro atoms. The molecule has 152 valence electrons. The van der Waals surface area contributed by atoms with Crippen LogP contribution in [0.1, 0.15) is 35.7 Å². The van der Waals surface area contributed by atoms with E-state index in [4.69, 9.17) is 15.2 Å². The minimum Gasteiger partial charge on any atom is -0.478 e. The van der Waals surface area contributed by atoms with E-state index in [0.29, 0.717) is 16.7 Å². The number of esters is 1. The van der Waals surface area contributed by atoms with E-state index >= 15 is 0 Å². The Balaban J connectivity index is 2.09. The van der Waals surface area contributed by atoms with Crippen LogP contribution in [0.3, 0.4) is 0 Å². The molecular formula is C23H20N2O5. The zero-order valence-corrected chi connectivity index (χ0v) is 16.5. The smallest absolute Gasteiger partial charge is 0.338 e. The second-order valence-corrected chi connectivity index (χ2v) is 6.59. The van der Waals surface area contributed by atoms with Crippen LogP contribution >= 0.6 is 0 Å². The third-order valence-electron chi connectivity index (χ3n) is 4.81. The Kier molecular flexibility index (Phi) is 5.88. The summed E-state index contributed by atoms with van der Waals surface area (Å²) in [6.07, 6.45) is 0. The highest BCUT2D eigenvalue weighted by molar-refractivity contribution is 5.96. The van der Waals surface area contributed by atoms with Gasteiger partial charge in [-0.05, 0) is 36.6 Å². The maximum absolute atomic E-state index is 12.6. The SMILES string of the molecule is CCOC(=O)C1=C(C)OC(N)=C(C#N)C1c1ccc(-c2ccccc2C(=O)O)cc1. The fourth-order valence-electron chi connectivity index (χ4n) is 3.46. The summed E-state index contributed by atoms with van der Waals surface area (Å²) in [5.41, 5.74) is 8.30. The van der Waals surface area contributed by atoms with Crippen LogP contribution in [0.15, 0.2) is 71.3 Å². The minimum atomic E-state index is -1.02. The predicted octanol–water partition coefficient (Wildman–Crippen LogP) is 3.70. The molecule has 0 saturated heterocycles. The molecule has 1 atom stereocenters. The minimum absolute atomic E-state index is 0.0617. The van der Waals surface area contributed by atoms with Crippen molar-refractivity contribution in [3.63, 3.8) is 0 Å². The number of nitriles is 1. The maximum Gasteiger partial charge on any atom is 0.338 e. The molecule has 0 bridgehead atoms. The summed E-state index contributed by atoms with van der Waals surface area (Å²) in [5.74, 6) is -2.14. The highest BCUT2D eigenvalue weighted by atomic mass is 16.5. The molecule has 1 unspecified atom stereocenters. The number of rotatable bonds is 5. The lowest BCUT2D eigenvalue weighted by atomic mass is 9.82. The standard InChI is InChI=1S/C23H20N2O5/c1-3-29-23(28)19-13(2)30-21(25)18(12-24)20(19)15-10-8-14(9-11-15)16-6-4-5-7-17(16)22(26)27/h4-11,20H,3,25H2,1-2H3,(H,26,27). The molecule has 1 aliphatic heterocycles. The molecule has 0 saturated carbocycles. The van der Waals surface area contributed by atoms with Gasteiger partial charge in [0.25, 0.3) is 0 Å². The van der Waals surface area contributed by atoms with Crippen LogP contribution in [-0.4, -0.2) is 23.7 Å². The van der Waals surface area contributed by atoms with E-state index in [9.17, 15) is 20.0 Å². The van der Waals surface area contributed by atoms with Gasteiger partial charge >= 0.3 is 11.9 Å². The Morgan fingerprint density at radius 2 is 1.87 bits per heavy atom. The van der Waals surface area contributed by atoms with Gasteiger partial charge in [-0.2, -0.15) is 5.26 Å². The number of aromatic carboxylic acids is 1. The number of hydrogen-bond donors (Lipinski definition) is 2. The van der Waals surface area contributed by atoms with Gasteiger partial charge in [-0.15, -0.1) is 0 Å².